The molecule has 3 aromatic rings. The summed E-state index contributed by atoms with van der Waals surface area (Å²) in [4.78, 5) is 8.96. The minimum Gasteiger partial charge on any atom is -0.493 e. The van der Waals surface area contributed by atoms with Gasteiger partial charge in [0, 0.05) is 29.0 Å². The van der Waals surface area contributed by atoms with Crippen LogP contribution < -0.4 is 20.1 Å². The maximum Gasteiger partial charge on any atom is 0.225 e. The number of nitrogens with one attached hydrogen (secondary N) is 2. The lowest BCUT2D eigenvalue weighted by atomic mass is 10.2. The summed E-state index contributed by atoms with van der Waals surface area (Å²) in [5.41, 5.74) is 2.80. The lowest BCUT2D eigenvalue weighted by Gasteiger charge is -2.12. The van der Waals surface area contributed by atoms with Gasteiger partial charge in [0.2, 0.25) is 5.95 Å². The van der Waals surface area contributed by atoms with Crippen LogP contribution in [0.25, 0.3) is 0 Å². The normalized spacial score (nSPS) is 10.4. The van der Waals surface area contributed by atoms with Gasteiger partial charge in [0.1, 0.15) is 5.82 Å². The highest BCUT2D eigenvalue weighted by atomic mass is 35.5. The van der Waals surface area contributed by atoms with Gasteiger partial charge >= 0.3 is 0 Å². The summed E-state index contributed by atoms with van der Waals surface area (Å²) in [5, 5.41) is 7.20. The highest BCUT2D eigenvalue weighted by Crippen LogP contribution is 2.27. The van der Waals surface area contributed by atoms with Crippen LogP contribution in [0.1, 0.15) is 11.3 Å². The van der Waals surface area contributed by atoms with Crippen LogP contribution in [0.5, 0.6) is 11.5 Å². The van der Waals surface area contributed by atoms with E-state index in [9.17, 15) is 0 Å². The summed E-state index contributed by atoms with van der Waals surface area (Å²) in [5.74, 6) is 2.63. The fraction of sp³-hybridized carbons (Fsp3) is 0.200. The predicted molar refractivity (Wildman–Crippen MR) is 108 cm³/mol. The van der Waals surface area contributed by atoms with Gasteiger partial charge in [-0.05, 0) is 48.9 Å². The van der Waals surface area contributed by atoms with Crippen molar-refractivity contribution in [1.29, 1.82) is 0 Å². The largest absolute Gasteiger partial charge is 0.493 e. The van der Waals surface area contributed by atoms with Crippen LogP contribution in [0.4, 0.5) is 17.5 Å². The van der Waals surface area contributed by atoms with E-state index >= 15 is 0 Å². The second kappa shape index (κ2) is 8.60. The molecule has 0 saturated heterocycles. The van der Waals surface area contributed by atoms with E-state index in [-0.39, 0.29) is 0 Å². The zero-order chi connectivity index (χ0) is 19.2. The van der Waals surface area contributed by atoms with Gasteiger partial charge in [0.15, 0.2) is 11.5 Å². The third-order valence-electron chi connectivity index (χ3n) is 3.87. The van der Waals surface area contributed by atoms with E-state index in [1.165, 1.54) is 0 Å². The van der Waals surface area contributed by atoms with Gasteiger partial charge < -0.3 is 20.1 Å². The van der Waals surface area contributed by atoms with E-state index in [4.69, 9.17) is 21.1 Å². The zero-order valence-corrected chi connectivity index (χ0v) is 16.2. The number of ether oxygens (including phenoxy) is 2. The fourth-order valence-corrected chi connectivity index (χ4v) is 2.69. The Morgan fingerprint density at radius 2 is 1.67 bits per heavy atom. The second-order valence-corrected chi connectivity index (χ2v) is 6.33. The zero-order valence-electron chi connectivity index (χ0n) is 15.4. The quantitative estimate of drug-likeness (QED) is 0.609. The molecule has 0 saturated carbocycles. The molecule has 27 heavy (non-hydrogen) atoms. The minimum atomic E-state index is 0.543. The van der Waals surface area contributed by atoms with Crippen LogP contribution in [0.15, 0.2) is 48.5 Å². The van der Waals surface area contributed by atoms with E-state index < -0.39 is 0 Å². The molecule has 0 atom stereocenters. The maximum atomic E-state index is 5.93. The van der Waals surface area contributed by atoms with E-state index in [0.717, 1.165) is 16.9 Å². The Morgan fingerprint density at radius 3 is 2.37 bits per heavy atom. The molecule has 7 heteroatoms. The summed E-state index contributed by atoms with van der Waals surface area (Å²) >= 11 is 5.93. The first-order chi connectivity index (χ1) is 13.1. The summed E-state index contributed by atoms with van der Waals surface area (Å²) in [6.07, 6.45) is 0. The monoisotopic (exact) mass is 384 g/mol. The van der Waals surface area contributed by atoms with E-state index in [2.05, 4.69) is 20.6 Å². The molecule has 0 aliphatic carbocycles. The standard InChI is InChI=1S/C20H21ClN4O2/c1-13-10-19(24-16-7-5-15(21)6-8-16)25-20(23-13)22-12-14-4-9-17(26-2)18(11-14)27-3/h4-11H,12H2,1-3H3,(H2,22,23,24,25). The number of anilines is 3. The van der Waals surface area contributed by atoms with Crippen molar-refractivity contribution >= 4 is 29.1 Å². The maximum absolute atomic E-state index is 5.93. The van der Waals surface area contributed by atoms with Crippen LogP contribution in [0.2, 0.25) is 5.02 Å². The van der Waals surface area contributed by atoms with Gasteiger partial charge in [-0.1, -0.05) is 17.7 Å². The molecule has 0 aliphatic rings. The summed E-state index contributed by atoms with van der Waals surface area (Å²) in [6, 6.07) is 15.1. The fourth-order valence-electron chi connectivity index (χ4n) is 2.56. The van der Waals surface area contributed by atoms with Crippen molar-refractivity contribution in [3.05, 3.63) is 64.8 Å². The Kier molecular flexibility index (Phi) is 5.98. The number of hydrogen-bond acceptors (Lipinski definition) is 6. The summed E-state index contributed by atoms with van der Waals surface area (Å²) in [6.45, 7) is 2.49. The van der Waals surface area contributed by atoms with Crippen LogP contribution >= 0.6 is 11.6 Å². The summed E-state index contributed by atoms with van der Waals surface area (Å²) in [7, 11) is 3.24. The van der Waals surface area contributed by atoms with Crippen molar-refractivity contribution in [2.45, 2.75) is 13.5 Å². The number of rotatable bonds is 7. The average molecular weight is 385 g/mol. The number of methoxy groups -OCH3 is 2. The van der Waals surface area contributed by atoms with Crippen LogP contribution in [0.3, 0.4) is 0 Å². The van der Waals surface area contributed by atoms with Crippen molar-refractivity contribution in [3.63, 3.8) is 0 Å². The smallest absolute Gasteiger partial charge is 0.225 e. The molecule has 0 spiro atoms. The van der Waals surface area contributed by atoms with E-state index in [1.807, 2.05) is 55.5 Å². The number of benzene rings is 2. The second-order valence-electron chi connectivity index (χ2n) is 5.89. The number of aromatic nitrogens is 2. The Labute approximate surface area is 163 Å². The van der Waals surface area contributed by atoms with Crippen molar-refractivity contribution in [1.82, 2.24) is 9.97 Å². The average Bonchev–Trinajstić information content (AvgIpc) is 2.67. The first-order valence-electron chi connectivity index (χ1n) is 8.40. The first kappa shape index (κ1) is 18.8. The van der Waals surface area contributed by atoms with Gasteiger partial charge in [-0.2, -0.15) is 4.98 Å². The number of nitrogens with zero attached hydrogens (tertiary/aromatic N) is 2. The molecule has 2 aromatic carbocycles. The number of halogens is 1. The van der Waals surface area contributed by atoms with Gasteiger partial charge in [-0.15, -0.1) is 0 Å². The summed E-state index contributed by atoms with van der Waals surface area (Å²) < 4.78 is 10.6. The molecule has 0 amide bonds. The Bertz CT molecular complexity index is 916. The van der Waals surface area contributed by atoms with E-state index in [1.54, 1.807) is 14.2 Å². The molecule has 2 N–H and O–H groups in total. The molecule has 0 radical (unpaired) electrons. The van der Waals surface area contributed by atoms with Gasteiger partial charge in [-0.25, -0.2) is 4.98 Å². The third-order valence-corrected chi connectivity index (χ3v) is 4.12. The molecular weight excluding hydrogens is 364 g/mol. The predicted octanol–water partition coefficient (Wildman–Crippen LogP) is 4.81. The van der Waals surface area contributed by atoms with Gasteiger partial charge in [-0.3, -0.25) is 0 Å². The van der Waals surface area contributed by atoms with Crippen molar-refractivity contribution in [3.8, 4) is 11.5 Å². The first-order valence-corrected chi connectivity index (χ1v) is 8.78. The number of aryl methyl sites for hydroxylation is 1. The van der Waals surface area contributed by atoms with E-state index in [0.29, 0.717) is 34.8 Å². The molecule has 0 fully saturated rings. The third kappa shape index (κ3) is 5.01. The highest BCUT2D eigenvalue weighted by molar-refractivity contribution is 6.30. The lowest BCUT2D eigenvalue weighted by Crippen LogP contribution is -2.06. The van der Waals surface area contributed by atoms with Crippen molar-refractivity contribution in [2.24, 2.45) is 0 Å². The number of hydrogen-bond donors (Lipinski definition) is 2. The molecule has 1 heterocycles. The van der Waals surface area contributed by atoms with Crippen LogP contribution in [0, 0.1) is 6.92 Å². The SMILES string of the molecule is COc1ccc(CNc2nc(C)cc(Nc3ccc(Cl)cc3)n2)cc1OC. The van der Waals surface area contributed by atoms with Crippen LogP contribution in [-0.2, 0) is 6.54 Å². The Balaban J connectivity index is 1.72. The molecule has 0 aliphatic heterocycles. The lowest BCUT2D eigenvalue weighted by molar-refractivity contribution is 0.354. The molecular formula is C20H21ClN4O2. The molecule has 0 unspecified atom stereocenters. The molecule has 6 nitrogen and oxygen atoms in total. The molecule has 0 bridgehead atoms. The highest BCUT2D eigenvalue weighted by Gasteiger charge is 2.06. The Morgan fingerprint density at radius 1 is 0.926 bits per heavy atom. The minimum absolute atomic E-state index is 0.543. The van der Waals surface area contributed by atoms with Crippen LogP contribution in [-0.4, -0.2) is 24.2 Å². The van der Waals surface area contributed by atoms with Crippen molar-refractivity contribution < 1.29 is 9.47 Å². The molecule has 140 valence electrons. The van der Waals surface area contributed by atoms with Gasteiger partial charge in [0.25, 0.3) is 0 Å². The van der Waals surface area contributed by atoms with Crippen molar-refractivity contribution in [2.75, 3.05) is 24.9 Å². The molecule has 3 rings (SSSR count). The molecule has 1 aromatic heterocycles. The van der Waals surface area contributed by atoms with Gasteiger partial charge in [0.05, 0.1) is 14.2 Å². The topological polar surface area (TPSA) is 68.3 Å². The Hall–Kier alpha value is -2.99.